The number of amides is 2. The highest BCUT2D eigenvalue weighted by atomic mass is 32.1. The van der Waals surface area contributed by atoms with Crippen LogP contribution >= 0.6 is 11.3 Å². The van der Waals surface area contributed by atoms with Crippen molar-refractivity contribution in [1.29, 1.82) is 0 Å². The fourth-order valence-electron chi connectivity index (χ4n) is 2.71. The van der Waals surface area contributed by atoms with E-state index in [-0.39, 0.29) is 28.6 Å². The molecule has 0 spiro atoms. The molecule has 6 nitrogen and oxygen atoms in total. The van der Waals surface area contributed by atoms with Gasteiger partial charge in [-0.05, 0) is 51.5 Å². The minimum absolute atomic E-state index is 0.109. The van der Waals surface area contributed by atoms with E-state index in [1.54, 1.807) is 18.7 Å². The van der Waals surface area contributed by atoms with Crippen molar-refractivity contribution >= 4 is 34.1 Å². The number of anilines is 1. The van der Waals surface area contributed by atoms with Gasteiger partial charge in [-0.1, -0.05) is 6.07 Å². The van der Waals surface area contributed by atoms with E-state index in [1.165, 1.54) is 18.2 Å². The van der Waals surface area contributed by atoms with E-state index in [0.717, 1.165) is 17.4 Å². The molecule has 2 aromatic rings. The van der Waals surface area contributed by atoms with Crippen molar-refractivity contribution in [3.8, 4) is 0 Å². The molecule has 1 heterocycles. The number of esters is 1. The van der Waals surface area contributed by atoms with Crippen LogP contribution in [0.2, 0.25) is 0 Å². The van der Waals surface area contributed by atoms with Crippen LogP contribution in [0.1, 0.15) is 56.7 Å². The van der Waals surface area contributed by atoms with Gasteiger partial charge in [0, 0.05) is 18.7 Å². The van der Waals surface area contributed by atoms with E-state index in [9.17, 15) is 18.8 Å². The Bertz CT molecular complexity index is 890. The number of hydrogen-bond donors (Lipinski definition) is 1. The largest absolute Gasteiger partial charge is 0.462 e. The minimum Gasteiger partial charge on any atom is -0.462 e. The summed E-state index contributed by atoms with van der Waals surface area (Å²) in [5, 5.41) is 2.83. The normalized spacial score (nSPS) is 10.5. The third-order valence-electron chi connectivity index (χ3n) is 4.19. The summed E-state index contributed by atoms with van der Waals surface area (Å²) in [6, 6.07) is 5.22. The third-order valence-corrected chi connectivity index (χ3v) is 5.38. The molecule has 1 aromatic carbocycles. The van der Waals surface area contributed by atoms with Gasteiger partial charge in [0.05, 0.1) is 17.0 Å². The first-order valence-electron chi connectivity index (χ1n) is 9.00. The molecular weight excluding hydrogens is 383 g/mol. The van der Waals surface area contributed by atoms with Crippen molar-refractivity contribution in [3.05, 3.63) is 51.7 Å². The lowest BCUT2D eigenvalue weighted by molar-refractivity contribution is 0.0527. The topological polar surface area (TPSA) is 75.7 Å². The van der Waals surface area contributed by atoms with Crippen LogP contribution < -0.4 is 5.32 Å². The molecule has 0 fully saturated rings. The maximum atomic E-state index is 13.4. The Hall–Kier alpha value is -2.74. The van der Waals surface area contributed by atoms with Crippen LogP contribution in [0.15, 0.2) is 24.3 Å². The van der Waals surface area contributed by atoms with E-state index in [0.29, 0.717) is 23.5 Å². The van der Waals surface area contributed by atoms with Crippen molar-refractivity contribution in [2.24, 2.45) is 0 Å². The second kappa shape index (κ2) is 9.45. The summed E-state index contributed by atoms with van der Waals surface area (Å²) in [5.74, 6) is -1.96. The standard InChI is InChI=1S/C20H23FN2O4S/c1-5-23(6-2)19(25)16-12(4)15(20(26)27-7-3)18(28-16)22-17(24)13-9-8-10-14(21)11-13/h8-11H,5-7H2,1-4H3,(H,22,24). The predicted octanol–water partition coefficient (Wildman–Crippen LogP) is 4.11. The van der Waals surface area contributed by atoms with Gasteiger partial charge in [-0.2, -0.15) is 0 Å². The van der Waals surface area contributed by atoms with Crippen molar-refractivity contribution in [2.45, 2.75) is 27.7 Å². The van der Waals surface area contributed by atoms with Crippen molar-refractivity contribution in [3.63, 3.8) is 0 Å². The van der Waals surface area contributed by atoms with Crippen LogP contribution in [0.25, 0.3) is 0 Å². The SMILES string of the molecule is CCOC(=O)c1c(NC(=O)c2cccc(F)c2)sc(C(=O)N(CC)CC)c1C. The summed E-state index contributed by atoms with van der Waals surface area (Å²) >= 11 is 1.02. The monoisotopic (exact) mass is 406 g/mol. The quantitative estimate of drug-likeness (QED) is 0.702. The predicted molar refractivity (Wildman–Crippen MR) is 107 cm³/mol. The third kappa shape index (κ3) is 4.56. The van der Waals surface area contributed by atoms with Gasteiger partial charge in [0.1, 0.15) is 10.8 Å². The van der Waals surface area contributed by atoms with E-state index in [2.05, 4.69) is 5.32 Å². The van der Waals surface area contributed by atoms with Gasteiger partial charge in [-0.15, -0.1) is 11.3 Å². The molecule has 2 amide bonds. The van der Waals surface area contributed by atoms with Gasteiger partial charge in [0.15, 0.2) is 0 Å². The molecule has 1 aromatic heterocycles. The van der Waals surface area contributed by atoms with Crippen LogP contribution in [0.5, 0.6) is 0 Å². The summed E-state index contributed by atoms with van der Waals surface area (Å²) in [4.78, 5) is 39.8. The summed E-state index contributed by atoms with van der Waals surface area (Å²) in [7, 11) is 0. The molecule has 0 aliphatic carbocycles. The van der Waals surface area contributed by atoms with Gasteiger partial charge < -0.3 is 15.0 Å². The number of halogens is 1. The summed E-state index contributed by atoms with van der Waals surface area (Å²) < 4.78 is 18.5. The average molecular weight is 406 g/mol. The number of nitrogens with one attached hydrogen (secondary N) is 1. The molecule has 2 rings (SSSR count). The van der Waals surface area contributed by atoms with E-state index >= 15 is 0 Å². The summed E-state index contributed by atoms with van der Waals surface area (Å²) in [6.07, 6.45) is 0. The molecule has 0 bridgehead atoms. The Morgan fingerprint density at radius 3 is 2.43 bits per heavy atom. The molecule has 0 aliphatic heterocycles. The number of nitrogens with zero attached hydrogens (tertiary/aromatic N) is 1. The highest BCUT2D eigenvalue weighted by molar-refractivity contribution is 7.18. The minimum atomic E-state index is -0.621. The number of hydrogen-bond acceptors (Lipinski definition) is 5. The van der Waals surface area contributed by atoms with Crippen molar-refractivity contribution in [1.82, 2.24) is 4.90 Å². The van der Waals surface area contributed by atoms with Crippen molar-refractivity contribution in [2.75, 3.05) is 25.0 Å². The Morgan fingerprint density at radius 2 is 1.86 bits per heavy atom. The smallest absolute Gasteiger partial charge is 0.341 e. The summed E-state index contributed by atoms with van der Waals surface area (Å²) in [6.45, 7) is 8.25. The molecule has 0 aliphatic rings. The number of ether oxygens (including phenoxy) is 1. The van der Waals surface area contributed by atoms with Crippen molar-refractivity contribution < 1.29 is 23.5 Å². The van der Waals surface area contributed by atoms with Crippen LogP contribution in [-0.2, 0) is 4.74 Å². The van der Waals surface area contributed by atoms with Gasteiger partial charge >= 0.3 is 5.97 Å². The van der Waals surface area contributed by atoms with Crippen LogP contribution in [0.3, 0.4) is 0 Å². The maximum absolute atomic E-state index is 13.4. The second-order valence-electron chi connectivity index (χ2n) is 5.92. The first kappa shape index (κ1) is 21.6. The fourth-order valence-corrected chi connectivity index (χ4v) is 3.87. The van der Waals surface area contributed by atoms with Gasteiger partial charge in [-0.25, -0.2) is 9.18 Å². The maximum Gasteiger partial charge on any atom is 0.341 e. The molecule has 150 valence electrons. The van der Waals surface area contributed by atoms with Gasteiger partial charge in [-0.3, -0.25) is 9.59 Å². The zero-order chi connectivity index (χ0) is 20.8. The van der Waals surface area contributed by atoms with E-state index < -0.39 is 17.7 Å². The highest BCUT2D eigenvalue weighted by Crippen LogP contribution is 2.35. The number of rotatable bonds is 7. The highest BCUT2D eigenvalue weighted by Gasteiger charge is 2.28. The molecule has 8 heteroatoms. The zero-order valence-corrected chi connectivity index (χ0v) is 17.1. The van der Waals surface area contributed by atoms with Crippen LogP contribution in [-0.4, -0.2) is 42.4 Å². The molecule has 0 saturated carbocycles. The van der Waals surface area contributed by atoms with Crippen LogP contribution in [0, 0.1) is 12.7 Å². The fraction of sp³-hybridized carbons (Fsp3) is 0.350. The molecule has 0 saturated heterocycles. The lowest BCUT2D eigenvalue weighted by Crippen LogP contribution is -2.30. The number of carbonyl (C=O) groups is 3. The van der Waals surface area contributed by atoms with E-state index in [4.69, 9.17) is 4.74 Å². The Kier molecular flexibility index (Phi) is 7.28. The summed E-state index contributed by atoms with van der Waals surface area (Å²) in [5.41, 5.74) is 0.708. The Labute approximate surface area is 167 Å². The molecule has 28 heavy (non-hydrogen) atoms. The lowest BCUT2D eigenvalue weighted by Gasteiger charge is -2.18. The lowest BCUT2D eigenvalue weighted by atomic mass is 10.1. The number of thiophene rings is 1. The first-order chi connectivity index (χ1) is 13.3. The Morgan fingerprint density at radius 1 is 1.18 bits per heavy atom. The zero-order valence-electron chi connectivity index (χ0n) is 16.3. The molecular formula is C20H23FN2O4S. The second-order valence-corrected chi connectivity index (χ2v) is 6.94. The van der Waals surface area contributed by atoms with Gasteiger partial charge in [0.2, 0.25) is 0 Å². The van der Waals surface area contributed by atoms with Gasteiger partial charge in [0.25, 0.3) is 11.8 Å². The first-order valence-corrected chi connectivity index (χ1v) is 9.82. The number of carbonyl (C=O) groups excluding carboxylic acids is 3. The molecule has 0 atom stereocenters. The average Bonchev–Trinajstić information content (AvgIpc) is 2.98. The van der Waals surface area contributed by atoms with Crippen LogP contribution in [0.4, 0.5) is 9.39 Å². The number of benzene rings is 1. The molecule has 0 unspecified atom stereocenters. The van der Waals surface area contributed by atoms with E-state index in [1.807, 2.05) is 13.8 Å². The molecule has 0 radical (unpaired) electrons. The molecule has 1 N–H and O–H groups in total. The Balaban J connectivity index is 2.46.